The Kier molecular flexibility index (Phi) is 4.28. The third-order valence-electron chi connectivity index (χ3n) is 2.70. The standard InChI is InChI=1S/C9H17NO5S/c1-7(9(12)15-2)16(13,14)10-5-3-4-8(11)6-10/h7-8,11H,3-6H2,1-2H3. The number of hydrogen-bond donors (Lipinski definition) is 1. The molecule has 7 heteroatoms. The molecule has 0 bridgehead atoms. The normalized spacial score (nSPS) is 25.1. The highest BCUT2D eigenvalue weighted by molar-refractivity contribution is 7.90. The molecule has 0 aliphatic carbocycles. The average Bonchev–Trinajstić information content (AvgIpc) is 2.27. The van der Waals surface area contributed by atoms with E-state index in [1.54, 1.807) is 0 Å². The van der Waals surface area contributed by atoms with Gasteiger partial charge in [0.05, 0.1) is 13.2 Å². The van der Waals surface area contributed by atoms with Gasteiger partial charge in [0.15, 0.2) is 5.25 Å². The second kappa shape index (κ2) is 5.11. The molecule has 1 aliphatic rings. The Balaban J connectivity index is 2.80. The molecule has 1 fully saturated rings. The molecule has 0 spiro atoms. The van der Waals surface area contributed by atoms with E-state index >= 15 is 0 Å². The molecule has 0 amide bonds. The van der Waals surface area contributed by atoms with E-state index in [9.17, 15) is 18.3 Å². The summed E-state index contributed by atoms with van der Waals surface area (Å²) in [5.41, 5.74) is 0. The molecule has 1 heterocycles. The first-order chi connectivity index (χ1) is 7.39. The molecule has 0 saturated carbocycles. The number of methoxy groups -OCH3 is 1. The summed E-state index contributed by atoms with van der Waals surface area (Å²) in [6.07, 6.45) is 0.556. The topological polar surface area (TPSA) is 83.9 Å². The van der Waals surface area contributed by atoms with Gasteiger partial charge >= 0.3 is 5.97 Å². The highest BCUT2D eigenvalue weighted by Crippen LogP contribution is 2.17. The number of hydrogen-bond acceptors (Lipinski definition) is 5. The van der Waals surface area contributed by atoms with Gasteiger partial charge in [-0.3, -0.25) is 4.79 Å². The van der Waals surface area contributed by atoms with Crippen molar-refractivity contribution < 1.29 is 23.1 Å². The first kappa shape index (κ1) is 13.4. The van der Waals surface area contributed by atoms with Crippen molar-refractivity contribution in [1.29, 1.82) is 0 Å². The molecular weight excluding hydrogens is 234 g/mol. The van der Waals surface area contributed by atoms with Gasteiger partial charge in [0, 0.05) is 13.1 Å². The lowest BCUT2D eigenvalue weighted by atomic mass is 10.1. The summed E-state index contributed by atoms with van der Waals surface area (Å²) in [5, 5.41) is 8.18. The van der Waals surface area contributed by atoms with Gasteiger partial charge in [0.1, 0.15) is 0 Å². The molecule has 0 radical (unpaired) electrons. The molecule has 1 aliphatic heterocycles. The quantitative estimate of drug-likeness (QED) is 0.673. The number of aliphatic hydroxyl groups is 1. The van der Waals surface area contributed by atoms with Crippen molar-refractivity contribution in [3.05, 3.63) is 0 Å². The Morgan fingerprint density at radius 3 is 2.69 bits per heavy atom. The van der Waals surface area contributed by atoms with Gasteiger partial charge in [-0.2, -0.15) is 4.31 Å². The number of carbonyl (C=O) groups is 1. The van der Waals surface area contributed by atoms with Crippen LogP contribution in [0.2, 0.25) is 0 Å². The number of carbonyl (C=O) groups excluding carboxylic acids is 1. The number of β-amino-alcohol motifs (C(OH)–C–C–N with tert-alkyl or cyclic N) is 1. The van der Waals surface area contributed by atoms with Gasteiger partial charge in [-0.1, -0.05) is 0 Å². The zero-order valence-corrected chi connectivity index (χ0v) is 10.2. The van der Waals surface area contributed by atoms with Crippen molar-refractivity contribution in [2.24, 2.45) is 0 Å². The van der Waals surface area contributed by atoms with E-state index in [4.69, 9.17) is 0 Å². The molecular formula is C9H17NO5S. The van der Waals surface area contributed by atoms with Crippen LogP contribution in [-0.2, 0) is 19.6 Å². The monoisotopic (exact) mass is 251 g/mol. The molecule has 0 aromatic rings. The fourth-order valence-electron chi connectivity index (χ4n) is 1.66. The number of esters is 1. The van der Waals surface area contributed by atoms with Crippen molar-refractivity contribution in [3.63, 3.8) is 0 Å². The molecule has 94 valence electrons. The van der Waals surface area contributed by atoms with Crippen molar-refractivity contribution in [2.75, 3.05) is 20.2 Å². The largest absolute Gasteiger partial charge is 0.468 e. The maximum Gasteiger partial charge on any atom is 0.325 e. The molecule has 1 N–H and O–H groups in total. The van der Waals surface area contributed by atoms with Crippen LogP contribution in [-0.4, -0.2) is 55.4 Å². The average molecular weight is 251 g/mol. The Hall–Kier alpha value is -0.660. The predicted octanol–water partition coefficient (Wildman–Crippen LogP) is -0.666. The summed E-state index contributed by atoms with van der Waals surface area (Å²) in [5.74, 6) is -0.778. The third-order valence-corrected chi connectivity index (χ3v) is 4.84. The van der Waals surface area contributed by atoms with Crippen LogP contribution < -0.4 is 0 Å². The van der Waals surface area contributed by atoms with Gasteiger partial charge in [-0.25, -0.2) is 8.42 Å². The predicted molar refractivity (Wildman–Crippen MR) is 57.2 cm³/mol. The minimum Gasteiger partial charge on any atom is -0.468 e. The Bertz CT molecular complexity index is 353. The summed E-state index contributed by atoms with van der Waals surface area (Å²) >= 11 is 0. The second-order valence-electron chi connectivity index (χ2n) is 3.86. The molecule has 1 rings (SSSR count). The van der Waals surface area contributed by atoms with Gasteiger partial charge in [-0.05, 0) is 19.8 Å². The molecule has 0 aromatic heterocycles. The number of nitrogens with zero attached hydrogens (tertiary/aromatic N) is 1. The third kappa shape index (κ3) is 2.72. The number of piperidine rings is 1. The molecule has 0 aromatic carbocycles. The summed E-state index contributed by atoms with van der Waals surface area (Å²) in [7, 11) is -2.56. The molecule has 2 unspecified atom stereocenters. The van der Waals surface area contributed by atoms with Gasteiger partial charge in [0.2, 0.25) is 10.0 Å². The summed E-state index contributed by atoms with van der Waals surface area (Å²) in [6.45, 7) is 1.70. The van der Waals surface area contributed by atoms with Crippen LogP contribution in [0, 0.1) is 0 Å². The Morgan fingerprint density at radius 2 is 2.19 bits per heavy atom. The lowest BCUT2D eigenvalue weighted by Gasteiger charge is -2.30. The van der Waals surface area contributed by atoms with E-state index in [0.29, 0.717) is 19.4 Å². The minimum absolute atomic E-state index is 0.0592. The molecule has 2 atom stereocenters. The van der Waals surface area contributed by atoms with Crippen molar-refractivity contribution in [1.82, 2.24) is 4.31 Å². The van der Waals surface area contributed by atoms with Crippen LogP contribution in [0.1, 0.15) is 19.8 Å². The SMILES string of the molecule is COC(=O)C(C)S(=O)(=O)N1CCCC(O)C1. The highest BCUT2D eigenvalue weighted by atomic mass is 32.2. The van der Waals surface area contributed by atoms with E-state index in [0.717, 1.165) is 11.4 Å². The van der Waals surface area contributed by atoms with E-state index in [1.165, 1.54) is 6.92 Å². The number of ether oxygens (including phenoxy) is 1. The van der Waals surface area contributed by atoms with Crippen LogP contribution in [0.5, 0.6) is 0 Å². The fourth-order valence-corrected chi connectivity index (χ4v) is 3.21. The molecule has 1 saturated heterocycles. The van der Waals surface area contributed by atoms with Crippen molar-refractivity contribution in [3.8, 4) is 0 Å². The van der Waals surface area contributed by atoms with Gasteiger partial charge in [-0.15, -0.1) is 0 Å². The maximum atomic E-state index is 11.9. The number of aliphatic hydroxyl groups excluding tert-OH is 1. The Labute approximate surface area is 95.2 Å². The first-order valence-electron chi connectivity index (χ1n) is 5.14. The number of rotatable bonds is 3. The molecule has 16 heavy (non-hydrogen) atoms. The molecule has 6 nitrogen and oxygen atoms in total. The second-order valence-corrected chi connectivity index (χ2v) is 6.12. The summed E-state index contributed by atoms with van der Waals surface area (Å²) in [4.78, 5) is 11.2. The summed E-state index contributed by atoms with van der Waals surface area (Å²) < 4.78 is 29.5. The van der Waals surface area contributed by atoms with Crippen molar-refractivity contribution >= 4 is 16.0 Å². The maximum absolute atomic E-state index is 11.9. The highest BCUT2D eigenvalue weighted by Gasteiger charge is 2.36. The number of sulfonamides is 1. The lowest BCUT2D eigenvalue weighted by Crippen LogP contribution is -2.47. The van der Waals surface area contributed by atoms with E-state index in [-0.39, 0.29) is 6.54 Å². The lowest BCUT2D eigenvalue weighted by molar-refractivity contribution is -0.139. The van der Waals surface area contributed by atoms with Gasteiger partial charge in [0.25, 0.3) is 0 Å². The van der Waals surface area contributed by atoms with Crippen LogP contribution in [0.4, 0.5) is 0 Å². The van der Waals surface area contributed by atoms with Gasteiger partial charge < -0.3 is 9.84 Å². The van der Waals surface area contributed by atoms with Crippen molar-refractivity contribution in [2.45, 2.75) is 31.1 Å². The smallest absolute Gasteiger partial charge is 0.325 e. The van der Waals surface area contributed by atoms with Crippen LogP contribution in [0.25, 0.3) is 0 Å². The van der Waals surface area contributed by atoms with E-state index in [1.807, 2.05) is 0 Å². The van der Waals surface area contributed by atoms with Crippen LogP contribution in [0.3, 0.4) is 0 Å². The zero-order chi connectivity index (χ0) is 12.3. The summed E-state index contributed by atoms with van der Waals surface area (Å²) in [6, 6.07) is 0. The zero-order valence-electron chi connectivity index (χ0n) is 9.42. The van der Waals surface area contributed by atoms with Crippen LogP contribution >= 0.6 is 0 Å². The minimum atomic E-state index is -3.71. The fraction of sp³-hybridized carbons (Fsp3) is 0.889. The Morgan fingerprint density at radius 1 is 1.56 bits per heavy atom. The van der Waals surface area contributed by atoms with Crippen LogP contribution in [0.15, 0.2) is 0 Å². The van der Waals surface area contributed by atoms with E-state index in [2.05, 4.69) is 4.74 Å². The first-order valence-corrected chi connectivity index (χ1v) is 6.64. The van der Waals surface area contributed by atoms with E-state index < -0.39 is 27.3 Å².